The maximum atomic E-state index is 12.9. The summed E-state index contributed by atoms with van der Waals surface area (Å²) in [5.41, 5.74) is 0. The van der Waals surface area contributed by atoms with Crippen molar-refractivity contribution >= 4 is 0 Å². The number of rotatable bonds is 12. The van der Waals surface area contributed by atoms with E-state index in [1.165, 1.54) is 26.2 Å². The van der Waals surface area contributed by atoms with Crippen LogP contribution in [0.5, 0.6) is 0 Å². The van der Waals surface area contributed by atoms with Crippen molar-refractivity contribution in [1.29, 1.82) is 0 Å². The Morgan fingerprint density at radius 2 is 1.10 bits per heavy atom. The number of hydrogen-bond donors (Lipinski definition) is 0. The standard InChI is InChI=1S/C17H33F3/c1-4-6-8-10-12-14-16(13-11-9-7-5-2)15(3)17(18,19)20/h15-16H,4-14H2,1-3H3. The molecule has 0 bridgehead atoms. The molecule has 3 heteroatoms. The smallest absolute Gasteiger partial charge is 0.171 e. The van der Waals surface area contributed by atoms with E-state index in [1.807, 2.05) is 0 Å². The molecule has 2 atom stereocenters. The van der Waals surface area contributed by atoms with E-state index in [0.29, 0.717) is 0 Å². The molecule has 0 aliphatic heterocycles. The molecule has 0 fully saturated rings. The van der Waals surface area contributed by atoms with Crippen LogP contribution in [0.15, 0.2) is 0 Å². The van der Waals surface area contributed by atoms with Gasteiger partial charge in [0.15, 0.2) is 0 Å². The zero-order chi connectivity index (χ0) is 15.4. The van der Waals surface area contributed by atoms with Gasteiger partial charge in [0.2, 0.25) is 0 Å². The lowest BCUT2D eigenvalue weighted by atomic mass is 9.84. The highest BCUT2D eigenvalue weighted by atomic mass is 19.4. The first-order valence-corrected chi connectivity index (χ1v) is 8.50. The fraction of sp³-hybridized carbons (Fsp3) is 1.00. The van der Waals surface area contributed by atoms with E-state index in [9.17, 15) is 13.2 Å². The Labute approximate surface area is 123 Å². The number of unbranched alkanes of at least 4 members (excludes halogenated alkanes) is 7. The number of alkyl halides is 3. The minimum atomic E-state index is -4.03. The van der Waals surface area contributed by atoms with Crippen LogP contribution in [-0.4, -0.2) is 6.18 Å². The van der Waals surface area contributed by atoms with E-state index in [2.05, 4.69) is 13.8 Å². The molecule has 20 heavy (non-hydrogen) atoms. The summed E-state index contributed by atoms with van der Waals surface area (Å²) in [4.78, 5) is 0. The Bertz CT molecular complexity index is 211. The Hall–Kier alpha value is -0.210. The van der Waals surface area contributed by atoms with Gasteiger partial charge < -0.3 is 0 Å². The third kappa shape index (κ3) is 9.66. The van der Waals surface area contributed by atoms with E-state index in [0.717, 1.165) is 51.4 Å². The van der Waals surface area contributed by atoms with Gasteiger partial charge in [0.1, 0.15) is 0 Å². The molecule has 122 valence electrons. The van der Waals surface area contributed by atoms with Gasteiger partial charge in [-0.3, -0.25) is 0 Å². The summed E-state index contributed by atoms with van der Waals surface area (Å²) in [6.45, 7) is 5.66. The van der Waals surface area contributed by atoms with Crippen LogP contribution in [0.1, 0.15) is 91.4 Å². The normalized spacial score (nSPS) is 15.3. The molecule has 2 unspecified atom stereocenters. The van der Waals surface area contributed by atoms with Gasteiger partial charge in [0.05, 0.1) is 5.92 Å². The minimum Gasteiger partial charge on any atom is -0.171 e. The summed E-state index contributed by atoms with van der Waals surface area (Å²) in [5, 5.41) is 0. The second-order valence-corrected chi connectivity index (χ2v) is 6.14. The molecule has 0 nitrogen and oxygen atoms in total. The average molecular weight is 294 g/mol. The van der Waals surface area contributed by atoms with Crippen LogP contribution in [0, 0.1) is 11.8 Å². The van der Waals surface area contributed by atoms with Crippen molar-refractivity contribution in [3.05, 3.63) is 0 Å². The Balaban J connectivity index is 4.11. The third-order valence-electron chi connectivity index (χ3n) is 4.33. The first-order chi connectivity index (χ1) is 9.43. The van der Waals surface area contributed by atoms with E-state index in [1.54, 1.807) is 0 Å². The van der Waals surface area contributed by atoms with Crippen LogP contribution in [0.4, 0.5) is 13.2 Å². The molecular formula is C17H33F3. The van der Waals surface area contributed by atoms with Crippen molar-refractivity contribution < 1.29 is 13.2 Å². The van der Waals surface area contributed by atoms with Gasteiger partial charge >= 0.3 is 6.18 Å². The molecule has 0 aromatic heterocycles. The van der Waals surface area contributed by atoms with Gasteiger partial charge in [-0.05, 0) is 18.8 Å². The Morgan fingerprint density at radius 1 is 0.700 bits per heavy atom. The van der Waals surface area contributed by atoms with Crippen molar-refractivity contribution in [2.45, 2.75) is 97.6 Å². The van der Waals surface area contributed by atoms with E-state index < -0.39 is 12.1 Å². The predicted molar refractivity (Wildman–Crippen MR) is 80.8 cm³/mol. The highest BCUT2D eigenvalue weighted by Crippen LogP contribution is 2.37. The van der Waals surface area contributed by atoms with Gasteiger partial charge in [-0.2, -0.15) is 13.2 Å². The predicted octanol–water partition coefficient (Wildman–Crippen LogP) is 7.13. The van der Waals surface area contributed by atoms with Crippen LogP contribution in [0.25, 0.3) is 0 Å². The molecule has 0 aromatic carbocycles. The monoisotopic (exact) mass is 294 g/mol. The lowest BCUT2D eigenvalue weighted by Crippen LogP contribution is -2.27. The molecule has 0 saturated heterocycles. The average Bonchev–Trinajstić information content (AvgIpc) is 2.39. The summed E-state index contributed by atoms with van der Waals surface area (Å²) < 4.78 is 38.7. The van der Waals surface area contributed by atoms with E-state index in [4.69, 9.17) is 0 Å². The van der Waals surface area contributed by atoms with Crippen molar-refractivity contribution in [2.75, 3.05) is 0 Å². The SMILES string of the molecule is CCCCCCCC(CCCCCC)C(C)C(F)(F)F. The first kappa shape index (κ1) is 19.8. The van der Waals surface area contributed by atoms with Gasteiger partial charge in [0, 0.05) is 0 Å². The lowest BCUT2D eigenvalue weighted by molar-refractivity contribution is -0.185. The fourth-order valence-electron chi connectivity index (χ4n) is 2.75. The molecular weight excluding hydrogens is 261 g/mol. The lowest BCUT2D eigenvalue weighted by Gasteiger charge is -2.26. The van der Waals surface area contributed by atoms with Crippen LogP contribution in [0.3, 0.4) is 0 Å². The van der Waals surface area contributed by atoms with E-state index >= 15 is 0 Å². The van der Waals surface area contributed by atoms with Crippen molar-refractivity contribution in [2.24, 2.45) is 11.8 Å². The van der Waals surface area contributed by atoms with Crippen molar-refractivity contribution in [1.82, 2.24) is 0 Å². The molecule has 0 heterocycles. The topological polar surface area (TPSA) is 0 Å². The summed E-state index contributed by atoms with van der Waals surface area (Å²) in [6.07, 6.45) is 7.36. The second kappa shape index (κ2) is 11.4. The van der Waals surface area contributed by atoms with Crippen LogP contribution >= 0.6 is 0 Å². The largest absolute Gasteiger partial charge is 0.391 e. The highest BCUT2D eigenvalue weighted by molar-refractivity contribution is 4.73. The molecule has 0 rings (SSSR count). The molecule has 0 N–H and O–H groups in total. The van der Waals surface area contributed by atoms with Gasteiger partial charge in [-0.1, -0.05) is 78.6 Å². The Morgan fingerprint density at radius 3 is 1.50 bits per heavy atom. The number of hydrogen-bond acceptors (Lipinski definition) is 0. The molecule has 0 saturated carbocycles. The van der Waals surface area contributed by atoms with Crippen LogP contribution in [0.2, 0.25) is 0 Å². The quantitative estimate of drug-likeness (QED) is 0.336. The van der Waals surface area contributed by atoms with Crippen LogP contribution in [-0.2, 0) is 0 Å². The molecule has 0 radical (unpaired) electrons. The highest BCUT2D eigenvalue weighted by Gasteiger charge is 2.40. The van der Waals surface area contributed by atoms with Gasteiger partial charge in [0.25, 0.3) is 0 Å². The van der Waals surface area contributed by atoms with Gasteiger partial charge in [-0.25, -0.2) is 0 Å². The third-order valence-corrected chi connectivity index (χ3v) is 4.33. The molecule has 0 spiro atoms. The second-order valence-electron chi connectivity index (χ2n) is 6.14. The van der Waals surface area contributed by atoms with Crippen molar-refractivity contribution in [3.8, 4) is 0 Å². The molecule has 0 aliphatic carbocycles. The zero-order valence-electron chi connectivity index (χ0n) is 13.6. The van der Waals surface area contributed by atoms with Crippen molar-refractivity contribution in [3.63, 3.8) is 0 Å². The minimum absolute atomic E-state index is 0.173. The summed E-state index contributed by atoms with van der Waals surface area (Å²) in [7, 11) is 0. The zero-order valence-corrected chi connectivity index (χ0v) is 13.6. The maximum absolute atomic E-state index is 12.9. The summed E-state index contributed by atoms with van der Waals surface area (Å²) in [6, 6.07) is 0. The molecule has 0 aromatic rings. The first-order valence-electron chi connectivity index (χ1n) is 8.50. The molecule has 0 aliphatic rings. The van der Waals surface area contributed by atoms with Crippen LogP contribution < -0.4 is 0 Å². The summed E-state index contributed by atoms with van der Waals surface area (Å²) >= 11 is 0. The Kier molecular flexibility index (Phi) is 11.3. The van der Waals surface area contributed by atoms with Gasteiger partial charge in [-0.15, -0.1) is 0 Å². The maximum Gasteiger partial charge on any atom is 0.391 e. The van der Waals surface area contributed by atoms with E-state index in [-0.39, 0.29) is 5.92 Å². The fourth-order valence-corrected chi connectivity index (χ4v) is 2.75. The summed E-state index contributed by atoms with van der Waals surface area (Å²) in [5.74, 6) is -1.32. The molecule has 0 amide bonds. The number of halogens is 3.